The first kappa shape index (κ1) is 36.9. The van der Waals surface area contributed by atoms with Crippen molar-refractivity contribution in [3.63, 3.8) is 0 Å². The molecule has 2 aromatic heterocycles. The average Bonchev–Trinajstić information content (AvgIpc) is 3.57. The van der Waals surface area contributed by atoms with Crippen molar-refractivity contribution in [2.24, 2.45) is 11.8 Å². The first-order chi connectivity index (χ1) is 21.4. The summed E-state index contributed by atoms with van der Waals surface area (Å²) in [6, 6.07) is 20.0. The van der Waals surface area contributed by atoms with Gasteiger partial charge in [0.05, 0.1) is 5.76 Å². The molecule has 0 unspecified atom stereocenters. The first-order valence-electron chi connectivity index (χ1n) is 16.1. The van der Waals surface area contributed by atoms with Crippen LogP contribution in [0.4, 0.5) is 0 Å². The fraction of sp³-hybridized carbons (Fsp3) is 0.410. The van der Waals surface area contributed by atoms with E-state index in [4.69, 9.17) is 8.83 Å². The molecule has 0 fully saturated rings. The molecule has 1 N–H and O–H groups in total. The number of carbonyl (C=O) groups excluding carboxylic acids is 1. The number of hydrogen-bond donors (Lipinski definition) is 1. The number of aliphatic hydroxyl groups excluding tert-OH is 1. The van der Waals surface area contributed by atoms with Gasteiger partial charge in [0.15, 0.2) is 11.7 Å². The molecule has 0 aliphatic heterocycles. The molecule has 6 nitrogen and oxygen atoms in total. The van der Waals surface area contributed by atoms with Crippen molar-refractivity contribution in [2.75, 3.05) is 0 Å². The zero-order valence-corrected chi connectivity index (χ0v) is 31.0. The summed E-state index contributed by atoms with van der Waals surface area (Å²) in [5.41, 5.74) is 6.06. The normalized spacial score (nSPS) is 12.0. The minimum atomic E-state index is -0.0242. The van der Waals surface area contributed by atoms with Crippen molar-refractivity contribution in [3.05, 3.63) is 83.1 Å². The van der Waals surface area contributed by atoms with Crippen LogP contribution in [0.1, 0.15) is 90.8 Å². The average molecular weight is 800 g/mol. The van der Waals surface area contributed by atoms with Crippen molar-refractivity contribution >= 4 is 28.0 Å². The molecular formula is C39H47IrN2O4-. The number of aryl methyl sites for hydroxylation is 2. The molecule has 1 radical (unpaired) electrons. The number of aliphatic hydroxyl groups is 1. The Morgan fingerprint density at radius 3 is 1.96 bits per heavy atom. The van der Waals surface area contributed by atoms with Crippen LogP contribution in [0.5, 0.6) is 0 Å². The quantitative estimate of drug-likeness (QED) is 0.0907. The third kappa shape index (κ3) is 8.63. The molecular weight excluding hydrogens is 753 g/mol. The number of nitrogens with zero attached hydrogens (tertiary/aromatic N) is 2. The molecule has 0 aliphatic carbocycles. The summed E-state index contributed by atoms with van der Waals surface area (Å²) in [5, 5.41) is 12.0. The molecule has 5 aromatic rings. The van der Waals surface area contributed by atoms with Gasteiger partial charge in [-0.15, -0.1) is 29.1 Å². The zero-order valence-electron chi connectivity index (χ0n) is 28.6. The number of benzene rings is 3. The Balaban J connectivity index is 0.000000309. The minimum Gasteiger partial charge on any atom is -0.512 e. The van der Waals surface area contributed by atoms with Crippen LogP contribution in [0.2, 0.25) is 0 Å². The number of aromatic nitrogens is 2. The maximum absolute atomic E-state index is 11.7. The fourth-order valence-electron chi connectivity index (χ4n) is 5.72. The van der Waals surface area contributed by atoms with Crippen LogP contribution in [0, 0.1) is 31.7 Å². The van der Waals surface area contributed by atoms with Crippen LogP contribution in [-0.4, -0.2) is 20.9 Å². The molecule has 0 bridgehead atoms. The van der Waals surface area contributed by atoms with Crippen LogP contribution in [0.15, 0.2) is 69.2 Å². The van der Waals surface area contributed by atoms with Gasteiger partial charge in [-0.05, 0) is 57.1 Å². The second-order valence-corrected chi connectivity index (χ2v) is 12.9. The van der Waals surface area contributed by atoms with Gasteiger partial charge in [0, 0.05) is 43.6 Å². The molecule has 0 atom stereocenters. The van der Waals surface area contributed by atoms with Gasteiger partial charge in [0.1, 0.15) is 0 Å². The van der Waals surface area contributed by atoms with E-state index in [0.29, 0.717) is 23.2 Å². The van der Waals surface area contributed by atoms with Crippen molar-refractivity contribution < 1.29 is 38.8 Å². The number of carbonyl (C=O) groups is 1. The summed E-state index contributed by atoms with van der Waals surface area (Å²) >= 11 is 0. The van der Waals surface area contributed by atoms with E-state index in [-0.39, 0.29) is 48.9 Å². The Morgan fingerprint density at radius 1 is 0.848 bits per heavy atom. The van der Waals surface area contributed by atoms with Gasteiger partial charge in [-0.3, -0.25) is 4.79 Å². The Morgan fingerprint density at radius 2 is 1.39 bits per heavy atom. The molecule has 247 valence electrons. The van der Waals surface area contributed by atoms with Gasteiger partial charge < -0.3 is 13.9 Å². The molecule has 7 heteroatoms. The Labute approximate surface area is 287 Å². The van der Waals surface area contributed by atoms with Gasteiger partial charge in [0.25, 0.3) is 11.4 Å². The van der Waals surface area contributed by atoms with Gasteiger partial charge in [-0.2, -0.15) is 4.98 Å². The fourth-order valence-corrected chi connectivity index (χ4v) is 5.72. The molecule has 3 aromatic carbocycles. The largest absolute Gasteiger partial charge is 0.512 e. The summed E-state index contributed by atoms with van der Waals surface area (Å²) in [4.78, 5) is 20.8. The number of ketones is 1. The monoisotopic (exact) mass is 800 g/mol. The number of rotatable bonds is 9. The molecule has 0 saturated carbocycles. The number of oxazole rings is 2. The predicted octanol–water partition coefficient (Wildman–Crippen LogP) is 10.9. The molecule has 2 heterocycles. The third-order valence-corrected chi connectivity index (χ3v) is 8.34. The van der Waals surface area contributed by atoms with Crippen LogP contribution in [0.25, 0.3) is 45.1 Å². The molecule has 46 heavy (non-hydrogen) atoms. The van der Waals surface area contributed by atoms with E-state index >= 15 is 0 Å². The van der Waals surface area contributed by atoms with Gasteiger partial charge >= 0.3 is 0 Å². The maximum Gasteiger partial charge on any atom is 0.280 e. The number of allylic oxidation sites excluding steroid dienone is 2. The first-order valence-corrected chi connectivity index (χ1v) is 16.1. The second-order valence-electron chi connectivity index (χ2n) is 12.9. The Hall–Kier alpha value is -3.54. The van der Waals surface area contributed by atoms with Crippen molar-refractivity contribution in [2.45, 2.75) is 93.4 Å². The summed E-state index contributed by atoms with van der Waals surface area (Å²) in [5.74, 6) is 1.54. The van der Waals surface area contributed by atoms with Crippen LogP contribution < -0.4 is 0 Å². The smallest absolute Gasteiger partial charge is 0.280 e. The number of fused-ring (bicyclic) bond motifs is 2. The van der Waals surface area contributed by atoms with E-state index in [2.05, 4.69) is 81.0 Å². The second kappa shape index (κ2) is 15.8. The van der Waals surface area contributed by atoms with Gasteiger partial charge in [0.2, 0.25) is 5.89 Å². The maximum atomic E-state index is 11.7. The van der Waals surface area contributed by atoms with E-state index in [1.807, 2.05) is 45.9 Å². The van der Waals surface area contributed by atoms with Crippen LogP contribution in [0.3, 0.4) is 0 Å². The molecule has 0 amide bonds. The molecule has 5 rings (SSSR count). The molecule has 0 aliphatic rings. The van der Waals surface area contributed by atoms with Crippen molar-refractivity contribution in [3.8, 4) is 22.9 Å². The van der Waals surface area contributed by atoms with Gasteiger partial charge in [-0.1, -0.05) is 94.8 Å². The van der Waals surface area contributed by atoms with E-state index < -0.39 is 0 Å². The summed E-state index contributed by atoms with van der Waals surface area (Å²) in [6.07, 6.45) is 4.91. The summed E-state index contributed by atoms with van der Waals surface area (Å²) in [6.45, 7) is 18.8. The third-order valence-electron chi connectivity index (χ3n) is 8.34. The minimum absolute atomic E-state index is 0. The van der Waals surface area contributed by atoms with E-state index in [1.54, 1.807) is 0 Å². The number of hydrogen-bond acceptors (Lipinski definition) is 6. The van der Waals surface area contributed by atoms with Crippen LogP contribution in [-0.2, 0) is 30.3 Å². The SMILES string of the molecule is CCC(CC)C(=O)/C=C(\O)C(CC)CC.Cc1cc(C)cc(-c2nc3oc(-c4[c-]c5ccccc5c(C(C)(C)C)c4)nc3o2)c1.[Ir]. The molecule has 0 saturated heterocycles. The Kier molecular flexibility index (Phi) is 12.7. The predicted molar refractivity (Wildman–Crippen MR) is 183 cm³/mol. The van der Waals surface area contributed by atoms with Crippen molar-refractivity contribution in [1.82, 2.24) is 9.97 Å². The standard InChI is InChI=1S/C26H23N2O2.C13H24O2.Ir/c1-15-10-16(2)12-18(11-15)22-27-24-25(29-22)28-23(30-24)19-13-17-8-6-7-9-20(17)21(14-19)26(3,4)5;1-5-10(6-2)12(14)9-13(15)11(7-3)8-4;/h6-12,14H,1-5H3;9-11,14H,5-8H2,1-4H3;/q-1;;/b;12-9-;. The van der Waals surface area contributed by atoms with Crippen LogP contribution >= 0.6 is 0 Å². The van der Waals surface area contributed by atoms with Gasteiger partial charge in [-0.25, -0.2) is 4.98 Å². The Bertz CT molecular complexity index is 1750. The van der Waals surface area contributed by atoms with E-state index in [0.717, 1.165) is 53.3 Å². The van der Waals surface area contributed by atoms with E-state index in [1.165, 1.54) is 17.0 Å². The summed E-state index contributed by atoms with van der Waals surface area (Å²) in [7, 11) is 0. The zero-order chi connectivity index (χ0) is 32.9. The van der Waals surface area contributed by atoms with E-state index in [9.17, 15) is 9.90 Å². The molecule has 0 spiro atoms. The van der Waals surface area contributed by atoms with Crippen molar-refractivity contribution in [1.29, 1.82) is 0 Å². The topological polar surface area (TPSA) is 89.4 Å². The summed E-state index contributed by atoms with van der Waals surface area (Å²) < 4.78 is 11.9.